The van der Waals surface area contributed by atoms with Gasteiger partial charge in [0.05, 0.1) is 7.11 Å². The molecule has 126 valence electrons. The van der Waals surface area contributed by atoms with Gasteiger partial charge in [-0.25, -0.2) is 0 Å². The molecule has 4 N–H and O–H groups in total. The maximum Gasteiger partial charge on any atom is 0.267 e. The minimum Gasteiger partial charge on any atom is -0.497 e. The highest BCUT2D eigenvalue weighted by atomic mass is 16.5. The Balaban J connectivity index is 2.03. The van der Waals surface area contributed by atoms with E-state index in [2.05, 4.69) is 10.6 Å². The molecule has 7 heteroatoms. The molecule has 0 unspecified atom stereocenters. The second-order valence-electron chi connectivity index (χ2n) is 4.95. The lowest BCUT2D eigenvalue weighted by atomic mass is 10.2. The normalized spacial score (nSPS) is 10.5. The molecule has 0 fully saturated rings. The van der Waals surface area contributed by atoms with Crippen molar-refractivity contribution in [2.45, 2.75) is 0 Å². The van der Waals surface area contributed by atoms with Crippen LogP contribution in [0.15, 0.2) is 60.3 Å². The van der Waals surface area contributed by atoms with Gasteiger partial charge in [0.2, 0.25) is 0 Å². The van der Waals surface area contributed by atoms with Gasteiger partial charge in [0.15, 0.2) is 0 Å². The van der Waals surface area contributed by atoms with E-state index in [4.69, 9.17) is 15.7 Å². The predicted molar refractivity (Wildman–Crippen MR) is 93.6 cm³/mol. The molecule has 0 saturated carbocycles. The molecule has 0 bridgehead atoms. The minimum absolute atomic E-state index is 0.236. The number of ether oxygens (including phenoxy) is 1. The van der Waals surface area contributed by atoms with Crippen molar-refractivity contribution in [2.75, 3.05) is 18.2 Å². The van der Waals surface area contributed by atoms with Crippen LogP contribution in [0.4, 0.5) is 11.4 Å². The van der Waals surface area contributed by atoms with E-state index in [0.717, 1.165) is 6.20 Å². The van der Waals surface area contributed by atoms with Crippen LogP contribution in [0.2, 0.25) is 0 Å². The molecular weight excluding hydrogens is 320 g/mol. The molecule has 0 aliphatic heterocycles. The van der Waals surface area contributed by atoms with Crippen molar-refractivity contribution in [3.63, 3.8) is 0 Å². The number of benzene rings is 2. The third kappa shape index (κ3) is 4.84. The van der Waals surface area contributed by atoms with Gasteiger partial charge in [0.1, 0.15) is 17.4 Å². The summed E-state index contributed by atoms with van der Waals surface area (Å²) in [6, 6.07) is 14.6. The van der Waals surface area contributed by atoms with E-state index < -0.39 is 11.8 Å². The van der Waals surface area contributed by atoms with Crippen LogP contribution in [0.5, 0.6) is 5.75 Å². The minimum atomic E-state index is -0.634. The third-order valence-corrected chi connectivity index (χ3v) is 3.23. The largest absolute Gasteiger partial charge is 0.497 e. The number of hydrogen-bond acceptors (Lipinski definition) is 5. The third-order valence-electron chi connectivity index (χ3n) is 3.23. The second kappa shape index (κ2) is 8.17. The highest BCUT2D eigenvalue weighted by Crippen LogP contribution is 2.15. The number of nitrogens with zero attached hydrogens (tertiary/aromatic N) is 1. The standard InChI is InChI=1S/C18H16N4O3/c1-25-16-8-6-15(7-9-16)22-18(24)13(10-19)11-21-17(23)12-2-4-14(20)5-3-12/h2-9,11H,20H2,1H3,(H,21,23)(H,22,24)/b13-11-. The van der Waals surface area contributed by atoms with Crippen molar-refractivity contribution < 1.29 is 14.3 Å². The van der Waals surface area contributed by atoms with Gasteiger partial charge in [-0.1, -0.05) is 0 Å². The quantitative estimate of drug-likeness (QED) is 0.439. The van der Waals surface area contributed by atoms with E-state index >= 15 is 0 Å². The Morgan fingerprint density at radius 3 is 2.32 bits per heavy atom. The molecule has 2 aromatic rings. The number of carbonyl (C=O) groups is 2. The van der Waals surface area contributed by atoms with Crippen LogP contribution in [0.3, 0.4) is 0 Å². The van der Waals surface area contributed by atoms with Crippen molar-refractivity contribution in [1.29, 1.82) is 5.26 Å². The smallest absolute Gasteiger partial charge is 0.267 e. The molecule has 2 amide bonds. The molecule has 0 heterocycles. The first-order valence-electron chi connectivity index (χ1n) is 7.25. The summed E-state index contributed by atoms with van der Waals surface area (Å²) in [5.74, 6) is -0.444. The van der Waals surface area contributed by atoms with Crippen molar-refractivity contribution in [1.82, 2.24) is 5.32 Å². The Morgan fingerprint density at radius 1 is 1.12 bits per heavy atom. The summed E-state index contributed by atoms with van der Waals surface area (Å²) in [5, 5.41) is 14.1. The maximum absolute atomic E-state index is 12.1. The fraction of sp³-hybridized carbons (Fsp3) is 0.0556. The lowest BCUT2D eigenvalue weighted by Gasteiger charge is -2.06. The monoisotopic (exact) mass is 336 g/mol. The summed E-state index contributed by atoms with van der Waals surface area (Å²) in [6.45, 7) is 0. The Bertz CT molecular complexity index is 834. The molecule has 0 aromatic heterocycles. The lowest BCUT2D eigenvalue weighted by Crippen LogP contribution is -2.21. The fourth-order valence-electron chi connectivity index (χ4n) is 1.88. The fourth-order valence-corrected chi connectivity index (χ4v) is 1.88. The van der Waals surface area contributed by atoms with Crippen LogP contribution in [-0.2, 0) is 4.79 Å². The summed E-state index contributed by atoms with van der Waals surface area (Å²) in [4.78, 5) is 24.1. The molecule has 0 saturated heterocycles. The molecule has 0 radical (unpaired) electrons. The van der Waals surface area contributed by atoms with Crippen LogP contribution in [-0.4, -0.2) is 18.9 Å². The Kier molecular flexibility index (Phi) is 5.74. The van der Waals surface area contributed by atoms with Crippen molar-refractivity contribution >= 4 is 23.2 Å². The highest BCUT2D eigenvalue weighted by Gasteiger charge is 2.11. The topological polar surface area (TPSA) is 117 Å². The number of anilines is 2. The summed E-state index contributed by atoms with van der Waals surface area (Å²) < 4.78 is 5.03. The van der Waals surface area contributed by atoms with Crippen LogP contribution < -0.4 is 21.1 Å². The average molecular weight is 336 g/mol. The summed E-state index contributed by atoms with van der Waals surface area (Å²) >= 11 is 0. The van der Waals surface area contributed by atoms with Crippen LogP contribution in [0.25, 0.3) is 0 Å². The number of amides is 2. The SMILES string of the molecule is COc1ccc(NC(=O)/C(C#N)=C\NC(=O)c2ccc(N)cc2)cc1. The molecule has 0 spiro atoms. The molecule has 0 atom stereocenters. The van der Waals surface area contributed by atoms with E-state index in [-0.39, 0.29) is 5.57 Å². The van der Waals surface area contributed by atoms with Crippen molar-refractivity contribution in [2.24, 2.45) is 0 Å². The van der Waals surface area contributed by atoms with Gasteiger partial charge in [-0.2, -0.15) is 5.26 Å². The lowest BCUT2D eigenvalue weighted by molar-refractivity contribution is -0.112. The van der Waals surface area contributed by atoms with E-state index in [1.54, 1.807) is 54.6 Å². The first-order valence-corrected chi connectivity index (χ1v) is 7.25. The van der Waals surface area contributed by atoms with Crippen LogP contribution in [0, 0.1) is 11.3 Å². The number of rotatable bonds is 5. The number of nitrogens with one attached hydrogen (secondary N) is 2. The van der Waals surface area contributed by atoms with Gasteiger partial charge < -0.3 is 21.1 Å². The zero-order valence-electron chi connectivity index (χ0n) is 13.4. The summed E-state index contributed by atoms with van der Waals surface area (Å²) in [6.07, 6.45) is 1.07. The maximum atomic E-state index is 12.1. The van der Waals surface area contributed by atoms with E-state index in [0.29, 0.717) is 22.7 Å². The molecular formula is C18H16N4O3. The number of nitrogens with two attached hydrogens (primary N) is 1. The van der Waals surface area contributed by atoms with Gasteiger partial charge in [0.25, 0.3) is 11.8 Å². The molecule has 2 rings (SSSR count). The Morgan fingerprint density at radius 2 is 1.76 bits per heavy atom. The van der Waals surface area contributed by atoms with Gasteiger partial charge in [0, 0.05) is 23.1 Å². The van der Waals surface area contributed by atoms with E-state index in [1.165, 1.54) is 7.11 Å². The predicted octanol–water partition coefficient (Wildman–Crippen LogP) is 2.05. The van der Waals surface area contributed by atoms with Gasteiger partial charge in [-0.3, -0.25) is 9.59 Å². The molecule has 0 aliphatic rings. The first kappa shape index (κ1) is 17.6. The number of carbonyl (C=O) groups excluding carboxylic acids is 2. The zero-order chi connectivity index (χ0) is 18.2. The van der Waals surface area contributed by atoms with Crippen LogP contribution >= 0.6 is 0 Å². The Labute approximate surface area is 144 Å². The van der Waals surface area contributed by atoms with E-state index in [1.807, 2.05) is 0 Å². The zero-order valence-corrected chi connectivity index (χ0v) is 13.4. The number of hydrogen-bond donors (Lipinski definition) is 3. The first-order chi connectivity index (χ1) is 12.0. The number of methoxy groups -OCH3 is 1. The molecule has 7 nitrogen and oxygen atoms in total. The van der Waals surface area contributed by atoms with Gasteiger partial charge >= 0.3 is 0 Å². The average Bonchev–Trinajstić information content (AvgIpc) is 2.63. The number of nitrogen functional groups attached to an aromatic ring is 1. The Hall–Kier alpha value is -3.79. The molecule has 25 heavy (non-hydrogen) atoms. The van der Waals surface area contributed by atoms with Crippen molar-refractivity contribution in [3.05, 3.63) is 65.9 Å². The summed E-state index contributed by atoms with van der Waals surface area (Å²) in [5.41, 5.74) is 6.71. The number of nitriles is 1. The van der Waals surface area contributed by atoms with Crippen LogP contribution in [0.1, 0.15) is 10.4 Å². The highest BCUT2D eigenvalue weighted by molar-refractivity contribution is 6.07. The van der Waals surface area contributed by atoms with Gasteiger partial charge in [-0.15, -0.1) is 0 Å². The van der Waals surface area contributed by atoms with E-state index in [9.17, 15) is 9.59 Å². The van der Waals surface area contributed by atoms with Gasteiger partial charge in [-0.05, 0) is 48.5 Å². The van der Waals surface area contributed by atoms with Crippen molar-refractivity contribution in [3.8, 4) is 11.8 Å². The second-order valence-corrected chi connectivity index (χ2v) is 4.95. The summed E-state index contributed by atoms with van der Waals surface area (Å²) in [7, 11) is 1.54. The molecule has 0 aliphatic carbocycles. The molecule has 2 aromatic carbocycles.